The second kappa shape index (κ2) is 6.16. The summed E-state index contributed by atoms with van der Waals surface area (Å²) in [5.74, 6) is 0.648. The fraction of sp³-hybridized carbons (Fsp3) is 0.571. The first-order chi connectivity index (χ1) is 8.72. The van der Waals surface area contributed by atoms with Gasteiger partial charge in [0.15, 0.2) is 0 Å². The van der Waals surface area contributed by atoms with Crippen molar-refractivity contribution < 1.29 is 9.13 Å². The zero-order valence-corrected chi connectivity index (χ0v) is 11.1. The molecule has 1 aromatic carbocycles. The minimum atomic E-state index is -0.147. The Balaban J connectivity index is 2.05. The van der Waals surface area contributed by atoms with Gasteiger partial charge in [-0.05, 0) is 31.0 Å². The van der Waals surface area contributed by atoms with Crippen LogP contribution in [0.3, 0.4) is 0 Å². The first kappa shape index (κ1) is 13.3. The number of hydrogen-bond acceptors (Lipinski definition) is 3. The third-order valence-electron chi connectivity index (χ3n) is 3.60. The van der Waals surface area contributed by atoms with Gasteiger partial charge in [0.2, 0.25) is 0 Å². The van der Waals surface area contributed by atoms with Crippen molar-refractivity contribution in [2.75, 3.05) is 39.8 Å². The largest absolute Gasteiger partial charge is 0.496 e. The van der Waals surface area contributed by atoms with Crippen molar-refractivity contribution in [3.05, 3.63) is 29.1 Å². The standard InChI is InChI=1S/C14H21FN2O/c1-11-12(14(18-2)4-3-13(11)15)5-8-17-9-6-16-7-10-17/h3-4,16H,5-10H2,1-2H3. The summed E-state index contributed by atoms with van der Waals surface area (Å²) in [5, 5.41) is 3.33. The molecule has 0 unspecified atom stereocenters. The number of benzene rings is 1. The molecule has 1 aromatic rings. The number of hydrogen-bond donors (Lipinski definition) is 1. The van der Waals surface area contributed by atoms with E-state index in [1.54, 1.807) is 13.2 Å². The van der Waals surface area contributed by atoms with Crippen LogP contribution in [-0.4, -0.2) is 44.7 Å². The molecule has 1 saturated heterocycles. The van der Waals surface area contributed by atoms with E-state index in [0.717, 1.165) is 50.5 Å². The number of ether oxygens (including phenoxy) is 1. The highest BCUT2D eigenvalue weighted by Crippen LogP contribution is 2.24. The predicted octanol–water partition coefficient (Wildman–Crippen LogP) is 1.59. The molecule has 100 valence electrons. The summed E-state index contributed by atoms with van der Waals surface area (Å²) >= 11 is 0. The summed E-state index contributed by atoms with van der Waals surface area (Å²) in [6.45, 7) is 7.00. The van der Waals surface area contributed by atoms with Crippen LogP contribution in [0.5, 0.6) is 5.75 Å². The smallest absolute Gasteiger partial charge is 0.126 e. The minimum Gasteiger partial charge on any atom is -0.496 e. The van der Waals surface area contributed by atoms with Gasteiger partial charge in [0.05, 0.1) is 7.11 Å². The lowest BCUT2D eigenvalue weighted by atomic mass is 10.0. The van der Waals surface area contributed by atoms with Crippen LogP contribution in [0, 0.1) is 12.7 Å². The first-order valence-electron chi connectivity index (χ1n) is 6.47. The van der Waals surface area contributed by atoms with Crippen molar-refractivity contribution in [2.24, 2.45) is 0 Å². The molecule has 1 N–H and O–H groups in total. The van der Waals surface area contributed by atoms with E-state index in [1.165, 1.54) is 6.07 Å². The Morgan fingerprint density at radius 1 is 1.33 bits per heavy atom. The normalized spacial score (nSPS) is 16.8. The molecule has 0 saturated carbocycles. The Hall–Kier alpha value is -1.13. The van der Waals surface area contributed by atoms with Gasteiger partial charge in [-0.3, -0.25) is 0 Å². The van der Waals surface area contributed by atoms with Crippen LogP contribution >= 0.6 is 0 Å². The highest BCUT2D eigenvalue weighted by molar-refractivity contribution is 5.40. The average Bonchev–Trinajstić information content (AvgIpc) is 2.41. The first-order valence-corrected chi connectivity index (χ1v) is 6.47. The molecule has 0 aliphatic carbocycles. The van der Waals surface area contributed by atoms with E-state index < -0.39 is 0 Å². The zero-order valence-electron chi connectivity index (χ0n) is 11.1. The van der Waals surface area contributed by atoms with Gasteiger partial charge in [-0.2, -0.15) is 0 Å². The van der Waals surface area contributed by atoms with Gasteiger partial charge < -0.3 is 15.0 Å². The molecule has 18 heavy (non-hydrogen) atoms. The second-order valence-electron chi connectivity index (χ2n) is 4.69. The molecule has 0 aromatic heterocycles. The Morgan fingerprint density at radius 2 is 2.06 bits per heavy atom. The van der Waals surface area contributed by atoms with Gasteiger partial charge in [0.1, 0.15) is 11.6 Å². The van der Waals surface area contributed by atoms with Crippen LogP contribution in [0.25, 0.3) is 0 Å². The average molecular weight is 252 g/mol. The molecule has 2 rings (SSSR count). The molecule has 4 heteroatoms. The van der Waals surface area contributed by atoms with Gasteiger partial charge in [-0.25, -0.2) is 4.39 Å². The van der Waals surface area contributed by atoms with Gasteiger partial charge in [0, 0.05) is 38.3 Å². The van der Waals surface area contributed by atoms with Crippen molar-refractivity contribution in [3.8, 4) is 5.75 Å². The molecule has 1 heterocycles. The van der Waals surface area contributed by atoms with E-state index in [-0.39, 0.29) is 5.82 Å². The van der Waals surface area contributed by atoms with Gasteiger partial charge in [-0.1, -0.05) is 0 Å². The third kappa shape index (κ3) is 3.00. The highest BCUT2D eigenvalue weighted by Gasteiger charge is 2.14. The van der Waals surface area contributed by atoms with Gasteiger partial charge in [-0.15, -0.1) is 0 Å². The van der Waals surface area contributed by atoms with Crippen molar-refractivity contribution >= 4 is 0 Å². The summed E-state index contributed by atoms with van der Waals surface area (Å²) in [6, 6.07) is 3.19. The molecule has 0 amide bonds. The monoisotopic (exact) mass is 252 g/mol. The van der Waals surface area contributed by atoms with Crippen LogP contribution < -0.4 is 10.1 Å². The van der Waals surface area contributed by atoms with Crippen LogP contribution in [0.2, 0.25) is 0 Å². The van der Waals surface area contributed by atoms with Gasteiger partial charge >= 0.3 is 0 Å². The third-order valence-corrected chi connectivity index (χ3v) is 3.60. The maximum Gasteiger partial charge on any atom is 0.126 e. The lowest BCUT2D eigenvalue weighted by Crippen LogP contribution is -2.44. The number of methoxy groups -OCH3 is 1. The van der Waals surface area contributed by atoms with Crippen molar-refractivity contribution in [1.29, 1.82) is 0 Å². The predicted molar refractivity (Wildman–Crippen MR) is 70.7 cm³/mol. The van der Waals surface area contributed by atoms with E-state index in [2.05, 4.69) is 10.2 Å². The summed E-state index contributed by atoms with van der Waals surface area (Å²) in [4.78, 5) is 2.40. The fourth-order valence-corrected chi connectivity index (χ4v) is 2.41. The molecule has 1 aliphatic heterocycles. The minimum absolute atomic E-state index is 0.147. The maximum atomic E-state index is 13.6. The molecule has 0 atom stereocenters. The van der Waals surface area contributed by atoms with Crippen LogP contribution in [0.4, 0.5) is 4.39 Å². The molecule has 0 spiro atoms. The van der Waals surface area contributed by atoms with Crippen molar-refractivity contribution in [2.45, 2.75) is 13.3 Å². The van der Waals surface area contributed by atoms with E-state index in [1.807, 2.05) is 6.92 Å². The molecule has 1 fully saturated rings. The van der Waals surface area contributed by atoms with Crippen molar-refractivity contribution in [1.82, 2.24) is 10.2 Å². The van der Waals surface area contributed by atoms with Crippen LogP contribution in [-0.2, 0) is 6.42 Å². The lowest BCUT2D eigenvalue weighted by molar-refractivity contribution is 0.243. The maximum absolute atomic E-state index is 13.6. The van der Waals surface area contributed by atoms with E-state index in [4.69, 9.17) is 4.74 Å². The number of rotatable bonds is 4. The van der Waals surface area contributed by atoms with E-state index in [9.17, 15) is 4.39 Å². The summed E-state index contributed by atoms with van der Waals surface area (Å²) in [6.07, 6.45) is 0.840. The molecule has 0 bridgehead atoms. The summed E-state index contributed by atoms with van der Waals surface area (Å²) in [5.41, 5.74) is 1.71. The number of nitrogens with zero attached hydrogens (tertiary/aromatic N) is 1. The molecule has 3 nitrogen and oxygen atoms in total. The molecule has 1 aliphatic rings. The molecule has 0 radical (unpaired) electrons. The molecular formula is C14H21FN2O. The topological polar surface area (TPSA) is 24.5 Å². The van der Waals surface area contributed by atoms with E-state index in [0.29, 0.717) is 5.56 Å². The molecular weight excluding hydrogens is 231 g/mol. The van der Waals surface area contributed by atoms with Gasteiger partial charge in [0.25, 0.3) is 0 Å². The summed E-state index contributed by atoms with van der Waals surface area (Å²) < 4.78 is 18.9. The Morgan fingerprint density at radius 3 is 2.72 bits per heavy atom. The SMILES string of the molecule is COc1ccc(F)c(C)c1CCN1CCNCC1. The Bertz CT molecular complexity index is 403. The van der Waals surface area contributed by atoms with E-state index >= 15 is 0 Å². The number of halogens is 1. The zero-order chi connectivity index (χ0) is 13.0. The highest BCUT2D eigenvalue weighted by atomic mass is 19.1. The Kier molecular flexibility index (Phi) is 4.55. The quantitative estimate of drug-likeness (QED) is 0.880. The number of piperazine rings is 1. The number of nitrogens with one attached hydrogen (secondary N) is 1. The second-order valence-corrected chi connectivity index (χ2v) is 4.69. The fourth-order valence-electron chi connectivity index (χ4n) is 2.41. The van der Waals surface area contributed by atoms with Crippen LogP contribution in [0.15, 0.2) is 12.1 Å². The Labute approximate surface area is 108 Å². The lowest BCUT2D eigenvalue weighted by Gasteiger charge is -2.27. The van der Waals surface area contributed by atoms with Crippen molar-refractivity contribution in [3.63, 3.8) is 0 Å². The van der Waals surface area contributed by atoms with Crippen LogP contribution in [0.1, 0.15) is 11.1 Å². The summed E-state index contributed by atoms with van der Waals surface area (Å²) in [7, 11) is 1.64.